The monoisotopic (exact) mass is 222 g/mol. The maximum atomic E-state index is 11.0. The van der Waals surface area contributed by atoms with Crippen LogP contribution < -0.4 is 0 Å². The zero-order valence-corrected chi connectivity index (χ0v) is 9.93. The van der Waals surface area contributed by atoms with Gasteiger partial charge in [0.15, 0.2) is 0 Å². The molecule has 0 aliphatic rings. The molecule has 3 nitrogen and oxygen atoms in total. The van der Waals surface area contributed by atoms with E-state index in [-0.39, 0.29) is 6.42 Å². The van der Waals surface area contributed by atoms with Crippen molar-refractivity contribution in [1.82, 2.24) is 0 Å². The number of carbonyl (C=O) groups excluding carboxylic acids is 1. The fourth-order valence-electron chi connectivity index (χ4n) is 1.48. The molecule has 0 unspecified atom stereocenters. The Balaban J connectivity index is 2.79. The van der Waals surface area contributed by atoms with Crippen molar-refractivity contribution in [3.05, 3.63) is 35.4 Å². The minimum atomic E-state index is -0.786. The van der Waals surface area contributed by atoms with Crippen LogP contribution in [0.5, 0.6) is 0 Å². The number of ether oxygens (including phenoxy) is 1. The van der Waals surface area contributed by atoms with Crippen LogP contribution in [0.3, 0.4) is 0 Å². The number of esters is 1. The standard InChI is InChI=1S/C13H18O3/c1-9(2)10-5-4-6-11(7-10)12(14)8-13(15)16-3/h4-7,9,12,14H,8H2,1-3H3/t12-/m0/s1. The second kappa shape index (κ2) is 5.66. The van der Waals surface area contributed by atoms with E-state index in [0.717, 1.165) is 11.1 Å². The van der Waals surface area contributed by atoms with Crippen molar-refractivity contribution in [1.29, 1.82) is 0 Å². The van der Waals surface area contributed by atoms with E-state index in [0.29, 0.717) is 5.92 Å². The lowest BCUT2D eigenvalue weighted by Gasteiger charge is -2.12. The van der Waals surface area contributed by atoms with Crippen molar-refractivity contribution in [3.8, 4) is 0 Å². The number of aliphatic hydroxyl groups excluding tert-OH is 1. The molecule has 1 aromatic rings. The predicted molar refractivity (Wildman–Crippen MR) is 62.1 cm³/mol. The van der Waals surface area contributed by atoms with Gasteiger partial charge in [-0.05, 0) is 17.0 Å². The highest BCUT2D eigenvalue weighted by Gasteiger charge is 2.13. The second-order valence-electron chi connectivity index (χ2n) is 4.12. The zero-order valence-electron chi connectivity index (χ0n) is 9.93. The first-order valence-electron chi connectivity index (χ1n) is 5.39. The van der Waals surface area contributed by atoms with Crippen molar-refractivity contribution >= 4 is 5.97 Å². The molecule has 16 heavy (non-hydrogen) atoms. The van der Waals surface area contributed by atoms with Gasteiger partial charge in [-0.15, -0.1) is 0 Å². The van der Waals surface area contributed by atoms with Crippen molar-refractivity contribution in [2.45, 2.75) is 32.3 Å². The van der Waals surface area contributed by atoms with E-state index in [1.54, 1.807) is 0 Å². The van der Waals surface area contributed by atoms with Gasteiger partial charge in [-0.2, -0.15) is 0 Å². The van der Waals surface area contributed by atoms with E-state index in [4.69, 9.17) is 0 Å². The van der Waals surface area contributed by atoms with E-state index < -0.39 is 12.1 Å². The first-order valence-corrected chi connectivity index (χ1v) is 5.39. The van der Waals surface area contributed by atoms with Crippen LogP contribution in [-0.2, 0) is 9.53 Å². The molecule has 0 aromatic heterocycles. The smallest absolute Gasteiger partial charge is 0.308 e. The lowest BCUT2D eigenvalue weighted by atomic mass is 9.98. The maximum absolute atomic E-state index is 11.0. The van der Waals surface area contributed by atoms with Gasteiger partial charge in [-0.1, -0.05) is 38.1 Å². The summed E-state index contributed by atoms with van der Waals surface area (Å²) in [5, 5.41) is 9.83. The Hall–Kier alpha value is -1.35. The van der Waals surface area contributed by atoms with Gasteiger partial charge < -0.3 is 9.84 Å². The van der Waals surface area contributed by atoms with Crippen LogP contribution in [0, 0.1) is 0 Å². The lowest BCUT2D eigenvalue weighted by molar-refractivity contribution is -0.142. The summed E-state index contributed by atoms with van der Waals surface area (Å²) in [7, 11) is 1.32. The molecule has 0 saturated heterocycles. The molecule has 0 fully saturated rings. The molecule has 0 amide bonds. The predicted octanol–water partition coefficient (Wildman–Crippen LogP) is 2.41. The minimum Gasteiger partial charge on any atom is -0.469 e. The number of rotatable bonds is 4. The Kier molecular flexibility index (Phi) is 4.50. The van der Waals surface area contributed by atoms with Crippen LogP contribution in [-0.4, -0.2) is 18.2 Å². The Morgan fingerprint density at radius 2 is 2.00 bits per heavy atom. The van der Waals surface area contributed by atoms with Crippen molar-refractivity contribution < 1.29 is 14.6 Å². The quantitative estimate of drug-likeness (QED) is 0.796. The van der Waals surface area contributed by atoms with Crippen molar-refractivity contribution in [2.75, 3.05) is 7.11 Å². The number of hydrogen-bond donors (Lipinski definition) is 1. The van der Waals surface area contributed by atoms with Gasteiger partial charge in [0.1, 0.15) is 0 Å². The number of methoxy groups -OCH3 is 1. The second-order valence-corrected chi connectivity index (χ2v) is 4.12. The average molecular weight is 222 g/mol. The van der Waals surface area contributed by atoms with Crippen LogP contribution in [0.1, 0.15) is 43.4 Å². The highest BCUT2D eigenvalue weighted by Crippen LogP contribution is 2.22. The van der Waals surface area contributed by atoms with E-state index in [2.05, 4.69) is 18.6 Å². The van der Waals surface area contributed by atoms with Crippen LogP contribution >= 0.6 is 0 Å². The summed E-state index contributed by atoms with van der Waals surface area (Å²) in [5.74, 6) is 0.00715. The topological polar surface area (TPSA) is 46.5 Å². The molecule has 0 heterocycles. The normalized spacial score (nSPS) is 12.6. The van der Waals surface area contributed by atoms with Crippen LogP contribution in [0.15, 0.2) is 24.3 Å². The van der Waals surface area contributed by atoms with Gasteiger partial charge in [-0.3, -0.25) is 4.79 Å². The molecule has 0 aliphatic carbocycles. The number of aliphatic hydroxyl groups is 1. The number of benzene rings is 1. The molecule has 0 saturated carbocycles. The summed E-state index contributed by atoms with van der Waals surface area (Å²) in [4.78, 5) is 11.0. The van der Waals surface area contributed by atoms with Gasteiger partial charge in [0.25, 0.3) is 0 Å². The third kappa shape index (κ3) is 3.35. The number of hydrogen-bond acceptors (Lipinski definition) is 3. The third-order valence-electron chi connectivity index (χ3n) is 2.55. The third-order valence-corrected chi connectivity index (χ3v) is 2.55. The molecule has 3 heteroatoms. The van der Waals surface area contributed by atoms with Gasteiger partial charge in [0.05, 0.1) is 19.6 Å². The van der Waals surface area contributed by atoms with E-state index in [1.165, 1.54) is 7.11 Å². The highest BCUT2D eigenvalue weighted by atomic mass is 16.5. The summed E-state index contributed by atoms with van der Waals surface area (Å²) < 4.78 is 4.52. The molecule has 0 bridgehead atoms. The SMILES string of the molecule is COC(=O)C[C@H](O)c1cccc(C(C)C)c1. The van der Waals surface area contributed by atoms with Gasteiger partial charge >= 0.3 is 5.97 Å². The Bertz CT molecular complexity index is 358. The van der Waals surface area contributed by atoms with Crippen molar-refractivity contribution in [3.63, 3.8) is 0 Å². The lowest BCUT2D eigenvalue weighted by Crippen LogP contribution is -2.08. The molecule has 0 radical (unpaired) electrons. The largest absolute Gasteiger partial charge is 0.469 e. The Morgan fingerprint density at radius 3 is 2.56 bits per heavy atom. The Labute approximate surface area is 96.1 Å². The molecule has 1 N–H and O–H groups in total. The van der Waals surface area contributed by atoms with Crippen LogP contribution in [0.2, 0.25) is 0 Å². The number of carbonyl (C=O) groups is 1. The fourth-order valence-corrected chi connectivity index (χ4v) is 1.48. The summed E-state index contributed by atoms with van der Waals surface area (Å²) in [6.07, 6.45) is -0.788. The van der Waals surface area contributed by atoms with E-state index in [9.17, 15) is 9.90 Å². The van der Waals surface area contributed by atoms with Crippen molar-refractivity contribution in [2.24, 2.45) is 0 Å². The minimum absolute atomic E-state index is 0.00194. The van der Waals surface area contributed by atoms with Crippen LogP contribution in [0.4, 0.5) is 0 Å². The summed E-state index contributed by atoms with van der Waals surface area (Å²) in [5.41, 5.74) is 1.91. The van der Waals surface area contributed by atoms with Crippen LogP contribution in [0.25, 0.3) is 0 Å². The highest BCUT2D eigenvalue weighted by molar-refractivity contribution is 5.70. The molecule has 1 rings (SSSR count). The molecular formula is C13H18O3. The van der Waals surface area contributed by atoms with E-state index in [1.807, 2.05) is 24.3 Å². The summed E-state index contributed by atoms with van der Waals surface area (Å²) >= 11 is 0. The van der Waals surface area contributed by atoms with Gasteiger partial charge in [0.2, 0.25) is 0 Å². The molecule has 1 atom stereocenters. The summed E-state index contributed by atoms with van der Waals surface area (Å²) in [6, 6.07) is 7.65. The Morgan fingerprint density at radius 1 is 1.38 bits per heavy atom. The fraction of sp³-hybridized carbons (Fsp3) is 0.462. The van der Waals surface area contributed by atoms with E-state index >= 15 is 0 Å². The summed E-state index contributed by atoms with van der Waals surface area (Å²) in [6.45, 7) is 4.18. The average Bonchev–Trinajstić information content (AvgIpc) is 2.28. The first-order chi connectivity index (χ1) is 7.54. The van der Waals surface area contributed by atoms with Gasteiger partial charge in [-0.25, -0.2) is 0 Å². The molecule has 0 aliphatic heterocycles. The first kappa shape index (κ1) is 12.7. The molecule has 0 spiro atoms. The zero-order chi connectivity index (χ0) is 12.1. The maximum Gasteiger partial charge on any atom is 0.308 e. The molecule has 88 valence electrons. The molecular weight excluding hydrogens is 204 g/mol. The van der Waals surface area contributed by atoms with Gasteiger partial charge in [0, 0.05) is 0 Å². The molecule has 1 aromatic carbocycles.